The molecule has 0 spiro atoms. The summed E-state index contributed by atoms with van der Waals surface area (Å²) < 4.78 is 46.5. The molecular formula is C32H38N2O7S. The molecule has 1 unspecified atom stereocenters. The van der Waals surface area contributed by atoms with Gasteiger partial charge in [-0.2, -0.15) is 4.31 Å². The van der Waals surface area contributed by atoms with Crippen LogP contribution in [0.2, 0.25) is 0 Å². The van der Waals surface area contributed by atoms with E-state index in [4.69, 9.17) is 14.2 Å². The number of rotatable bonds is 11. The molecule has 1 fully saturated rings. The number of amides is 2. The zero-order chi connectivity index (χ0) is 30.8. The van der Waals surface area contributed by atoms with Crippen molar-refractivity contribution in [2.75, 3.05) is 32.3 Å². The highest BCUT2D eigenvalue weighted by molar-refractivity contribution is 7.89. The smallest absolute Gasteiger partial charge is 0.252 e. The van der Waals surface area contributed by atoms with Crippen LogP contribution in [0.4, 0.5) is 5.69 Å². The van der Waals surface area contributed by atoms with Crippen LogP contribution < -0.4 is 19.1 Å². The fourth-order valence-electron chi connectivity index (χ4n) is 5.37. The van der Waals surface area contributed by atoms with Crippen molar-refractivity contribution in [1.82, 2.24) is 4.31 Å². The van der Waals surface area contributed by atoms with Crippen molar-refractivity contribution in [2.45, 2.75) is 58.4 Å². The largest absolute Gasteiger partial charge is 0.494 e. The first-order valence-electron chi connectivity index (χ1n) is 13.8. The topological polar surface area (TPSA) is 102 Å². The van der Waals surface area contributed by atoms with E-state index in [9.17, 15) is 18.0 Å². The van der Waals surface area contributed by atoms with Gasteiger partial charge in [-0.1, -0.05) is 12.1 Å². The fourth-order valence-corrected chi connectivity index (χ4v) is 7.54. The normalized spacial score (nSPS) is 15.4. The van der Waals surface area contributed by atoms with Gasteiger partial charge in [-0.05, 0) is 105 Å². The molecule has 3 aromatic carbocycles. The molecule has 1 atom stereocenters. The Hall–Kier alpha value is -3.89. The van der Waals surface area contributed by atoms with E-state index >= 15 is 0 Å². The summed E-state index contributed by atoms with van der Waals surface area (Å²) in [4.78, 5) is 28.4. The number of sulfonamides is 1. The van der Waals surface area contributed by atoms with Gasteiger partial charge in [0, 0.05) is 6.54 Å². The zero-order valence-electron chi connectivity index (χ0n) is 25.2. The number of carbonyl (C=O) groups is 2. The van der Waals surface area contributed by atoms with Crippen molar-refractivity contribution < 1.29 is 32.2 Å². The summed E-state index contributed by atoms with van der Waals surface area (Å²) in [5.41, 5.74) is 4.07. The molecule has 2 amide bonds. The lowest BCUT2D eigenvalue weighted by molar-refractivity contribution is -0.122. The van der Waals surface area contributed by atoms with E-state index in [1.165, 1.54) is 11.4 Å². The minimum absolute atomic E-state index is 0.0233. The Labute approximate surface area is 248 Å². The van der Waals surface area contributed by atoms with Gasteiger partial charge in [-0.25, -0.2) is 13.3 Å². The number of carbonyl (C=O) groups excluding carboxylic acids is 2. The van der Waals surface area contributed by atoms with Crippen molar-refractivity contribution in [2.24, 2.45) is 0 Å². The molecule has 1 heterocycles. The SMILES string of the molecule is CCOc1ccc(N2C(=O)CC(N(CCc3ccc(OC)c(OC)c3)S(=O)(=O)c3c(C)c(C)cc(C)c3C)C2=O)cc1. The number of ether oxygens (including phenoxy) is 3. The number of hydrogen-bond donors (Lipinski definition) is 0. The number of aryl methyl sites for hydroxylation is 2. The number of anilines is 1. The summed E-state index contributed by atoms with van der Waals surface area (Å²) in [5, 5.41) is 0. The van der Waals surface area contributed by atoms with Crippen LogP contribution in [-0.2, 0) is 26.0 Å². The van der Waals surface area contributed by atoms with Gasteiger partial charge in [0.25, 0.3) is 5.91 Å². The van der Waals surface area contributed by atoms with Crippen LogP contribution in [0, 0.1) is 27.7 Å². The second kappa shape index (κ2) is 12.5. The van der Waals surface area contributed by atoms with Crippen molar-refractivity contribution in [1.29, 1.82) is 0 Å². The maximum Gasteiger partial charge on any atom is 0.252 e. The molecule has 0 N–H and O–H groups in total. The van der Waals surface area contributed by atoms with E-state index in [0.29, 0.717) is 40.7 Å². The molecule has 0 radical (unpaired) electrons. The Morgan fingerprint density at radius 3 is 2.07 bits per heavy atom. The minimum Gasteiger partial charge on any atom is -0.494 e. The van der Waals surface area contributed by atoms with Crippen molar-refractivity contribution >= 4 is 27.5 Å². The van der Waals surface area contributed by atoms with Gasteiger partial charge in [0.05, 0.1) is 37.8 Å². The molecule has 0 bridgehead atoms. The minimum atomic E-state index is -4.21. The molecule has 3 aromatic rings. The first kappa shape index (κ1) is 31.1. The third-order valence-electron chi connectivity index (χ3n) is 7.81. The molecule has 1 saturated heterocycles. The monoisotopic (exact) mass is 594 g/mol. The Balaban J connectivity index is 1.76. The summed E-state index contributed by atoms with van der Waals surface area (Å²) in [5.74, 6) is 0.625. The predicted molar refractivity (Wildman–Crippen MR) is 161 cm³/mol. The van der Waals surface area contributed by atoms with Gasteiger partial charge >= 0.3 is 0 Å². The first-order valence-corrected chi connectivity index (χ1v) is 15.3. The average molecular weight is 595 g/mol. The molecule has 9 nitrogen and oxygen atoms in total. The highest BCUT2D eigenvalue weighted by Gasteiger charge is 2.47. The molecule has 4 rings (SSSR count). The maximum atomic E-state index is 14.5. The van der Waals surface area contributed by atoms with Crippen LogP contribution in [0.15, 0.2) is 53.4 Å². The Morgan fingerprint density at radius 2 is 1.50 bits per heavy atom. The average Bonchev–Trinajstić information content (AvgIpc) is 3.25. The fraction of sp³-hybridized carbons (Fsp3) is 0.375. The van der Waals surface area contributed by atoms with Crippen molar-refractivity contribution in [3.63, 3.8) is 0 Å². The lowest BCUT2D eigenvalue weighted by Crippen LogP contribution is -2.46. The number of methoxy groups -OCH3 is 2. The Kier molecular flexibility index (Phi) is 9.27. The Morgan fingerprint density at radius 1 is 0.881 bits per heavy atom. The molecule has 0 saturated carbocycles. The van der Waals surface area contributed by atoms with Crippen molar-refractivity contribution in [3.05, 3.63) is 76.3 Å². The van der Waals surface area contributed by atoms with Crippen molar-refractivity contribution in [3.8, 4) is 17.2 Å². The predicted octanol–water partition coefficient (Wildman–Crippen LogP) is 4.90. The summed E-state index contributed by atoms with van der Waals surface area (Å²) in [6.45, 7) is 9.60. The lowest BCUT2D eigenvalue weighted by Gasteiger charge is -2.29. The standard InChI is InChI=1S/C32H38N2O7S/c1-8-41-26-12-10-25(11-13-26)34-30(35)19-27(32(34)36)33(16-15-24-9-14-28(39-6)29(18-24)40-7)42(37,38)31-22(4)20(2)17-21(3)23(31)5/h9-14,17-18,27H,8,15-16,19H2,1-7H3. The third kappa shape index (κ3) is 5.87. The first-order chi connectivity index (χ1) is 19.9. The number of imide groups is 1. The molecule has 0 aliphatic carbocycles. The van der Waals surface area contributed by atoms with Crippen LogP contribution in [-0.4, -0.2) is 58.0 Å². The molecule has 0 aromatic heterocycles. The second-order valence-electron chi connectivity index (χ2n) is 10.4. The molecule has 10 heteroatoms. The molecular weight excluding hydrogens is 556 g/mol. The van der Waals surface area contributed by atoms with Gasteiger partial charge in [0.2, 0.25) is 15.9 Å². The number of nitrogens with zero attached hydrogens (tertiary/aromatic N) is 2. The second-order valence-corrected chi connectivity index (χ2v) is 12.2. The van der Waals surface area contributed by atoms with E-state index in [1.54, 1.807) is 57.4 Å². The number of hydrogen-bond acceptors (Lipinski definition) is 7. The van der Waals surface area contributed by atoms with Crippen LogP contribution in [0.3, 0.4) is 0 Å². The summed E-state index contributed by atoms with van der Waals surface area (Å²) in [7, 11) is -1.14. The highest BCUT2D eigenvalue weighted by atomic mass is 32.2. The van der Waals surface area contributed by atoms with E-state index in [0.717, 1.165) is 21.6 Å². The van der Waals surface area contributed by atoms with Crippen LogP contribution in [0.5, 0.6) is 17.2 Å². The lowest BCUT2D eigenvalue weighted by atomic mass is 10.0. The van der Waals surface area contributed by atoms with E-state index in [-0.39, 0.29) is 24.3 Å². The van der Waals surface area contributed by atoms with E-state index < -0.39 is 27.9 Å². The number of benzene rings is 3. The highest BCUT2D eigenvalue weighted by Crippen LogP contribution is 2.35. The summed E-state index contributed by atoms with van der Waals surface area (Å²) in [6.07, 6.45) is 0.0175. The van der Waals surface area contributed by atoms with Gasteiger partial charge < -0.3 is 14.2 Å². The van der Waals surface area contributed by atoms with Crippen LogP contribution >= 0.6 is 0 Å². The van der Waals surface area contributed by atoms with Gasteiger partial charge in [0.1, 0.15) is 11.8 Å². The quantitative estimate of drug-likeness (QED) is 0.291. The van der Waals surface area contributed by atoms with Gasteiger partial charge in [0.15, 0.2) is 11.5 Å². The van der Waals surface area contributed by atoms with Crippen LogP contribution in [0.1, 0.15) is 41.2 Å². The Bertz CT molecular complexity index is 1570. The zero-order valence-corrected chi connectivity index (χ0v) is 26.0. The molecule has 1 aliphatic rings. The van der Waals surface area contributed by atoms with Crippen LogP contribution in [0.25, 0.3) is 0 Å². The molecule has 224 valence electrons. The summed E-state index contributed by atoms with van der Waals surface area (Å²) >= 11 is 0. The van der Waals surface area contributed by atoms with Gasteiger partial charge in [-0.15, -0.1) is 0 Å². The van der Waals surface area contributed by atoms with E-state index in [1.807, 2.05) is 32.9 Å². The molecule has 1 aliphatic heterocycles. The summed E-state index contributed by atoms with van der Waals surface area (Å²) in [6, 6.07) is 12.7. The maximum absolute atomic E-state index is 14.5. The third-order valence-corrected chi connectivity index (χ3v) is 9.99. The van der Waals surface area contributed by atoms with E-state index in [2.05, 4.69) is 0 Å². The molecule has 42 heavy (non-hydrogen) atoms. The van der Waals surface area contributed by atoms with Gasteiger partial charge in [-0.3, -0.25) is 9.59 Å².